The van der Waals surface area contributed by atoms with Crippen molar-refractivity contribution in [3.63, 3.8) is 0 Å². The second-order valence-electron chi connectivity index (χ2n) is 3.41. The van der Waals surface area contributed by atoms with E-state index in [0.717, 1.165) is 26.1 Å². The minimum Gasteiger partial charge on any atom is -0.381 e. The number of hydrogen-bond donors (Lipinski definition) is 1. The summed E-state index contributed by atoms with van der Waals surface area (Å²) in [5, 5.41) is 4.24. The summed E-state index contributed by atoms with van der Waals surface area (Å²) in [6, 6.07) is 0.395. The molecule has 0 aromatic carbocycles. The molecule has 0 spiro atoms. The molecule has 0 saturated carbocycles. The van der Waals surface area contributed by atoms with Gasteiger partial charge < -0.3 is 4.74 Å². The highest BCUT2D eigenvalue weighted by molar-refractivity contribution is 4.72. The molecule has 2 fully saturated rings. The lowest BCUT2D eigenvalue weighted by molar-refractivity contribution is -0.0694. The number of hydrazine groups is 3. The maximum Gasteiger partial charge on any atom is 0.113 e. The highest BCUT2D eigenvalue weighted by Gasteiger charge is 2.32. The Morgan fingerprint density at radius 3 is 2.62 bits per heavy atom. The first-order valence-corrected chi connectivity index (χ1v) is 4.55. The predicted molar refractivity (Wildman–Crippen MR) is 44.4 cm³/mol. The Balaban J connectivity index is 1.91. The molecule has 5 nitrogen and oxygen atoms in total. The van der Waals surface area contributed by atoms with Crippen molar-refractivity contribution >= 4 is 0 Å². The molecule has 0 atom stereocenters. The maximum absolute atomic E-state index is 12.8. The van der Waals surface area contributed by atoms with E-state index in [2.05, 4.69) is 5.53 Å². The molecule has 2 rings (SSSR count). The molecule has 2 heterocycles. The Morgan fingerprint density at radius 1 is 1.38 bits per heavy atom. The van der Waals surface area contributed by atoms with Crippen molar-refractivity contribution < 1.29 is 9.22 Å². The van der Waals surface area contributed by atoms with Gasteiger partial charge in [0.1, 0.15) is 6.67 Å². The van der Waals surface area contributed by atoms with Gasteiger partial charge in [0.15, 0.2) is 0 Å². The summed E-state index contributed by atoms with van der Waals surface area (Å²) in [5.74, 6) is 0. The molecule has 0 amide bonds. The lowest BCUT2D eigenvalue weighted by atomic mass is 10.1. The minimum absolute atomic E-state index is 0.293. The molecule has 1 N–H and O–H groups in total. The van der Waals surface area contributed by atoms with Crippen LogP contribution in [0.3, 0.4) is 0 Å². The molecule has 0 radical (unpaired) electrons. The second kappa shape index (κ2) is 3.85. The fourth-order valence-corrected chi connectivity index (χ4v) is 1.81. The summed E-state index contributed by atoms with van der Waals surface area (Å²) in [7, 11) is 1.81. The van der Waals surface area contributed by atoms with Gasteiger partial charge in [0.25, 0.3) is 0 Å². The van der Waals surface area contributed by atoms with Crippen molar-refractivity contribution in [1.29, 1.82) is 0 Å². The molecule has 76 valence electrons. The molecule has 6 heteroatoms. The summed E-state index contributed by atoms with van der Waals surface area (Å²) in [6.07, 6.45) is 1.94. The third-order valence-corrected chi connectivity index (χ3v) is 2.52. The average Bonchev–Trinajstić information content (AvgIpc) is 2.47. The third kappa shape index (κ3) is 1.97. The zero-order valence-corrected chi connectivity index (χ0v) is 7.74. The summed E-state index contributed by atoms with van der Waals surface area (Å²) < 4.78 is 18.0. The molecule has 2 aliphatic rings. The summed E-state index contributed by atoms with van der Waals surface area (Å²) in [5.41, 5.74) is 2.55. The average molecular weight is 190 g/mol. The third-order valence-electron chi connectivity index (χ3n) is 2.52. The van der Waals surface area contributed by atoms with Crippen LogP contribution in [0.2, 0.25) is 0 Å². The van der Waals surface area contributed by atoms with Crippen LogP contribution in [0.25, 0.3) is 0 Å². The SMILES string of the molecule is CN1NN(F)CN1C1CCOCC1. The second-order valence-corrected chi connectivity index (χ2v) is 3.41. The van der Waals surface area contributed by atoms with Gasteiger partial charge in [0, 0.05) is 26.3 Å². The first-order chi connectivity index (χ1) is 6.27. The van der Waals surface area contributed by atoms with Crippen LogP contribution in [0.4, 0.5) is 4.48 Å². The summed E-state index contributed by atoms with van der Waals surface area (Å²) in [6.45, 7) is 1.85. The van der Waals surface area contributed by atoms with Gasteiger partial charge in [-0.05, 0) is 18.1 Å². The van der Waals surface area contributed by atoms with Gasteiger partial charge in [0.2, 0.25) is 0 Å². The van der Waals surface area contributed by atoms with E-state index in [1.807, 2.05) is 12.1 Å². The van der Waals surface area contributed by atoms with Gasteiger partial charge in [-0.3, -0.25) is 0 Å². The van der Waals surface area contributed by atoms with Gasteiger partial charge in [-0.15, -0.1) is 10.0 Å². The molecule has 13 heavy (non-hydrogen) atoms. The number of ether oxygens (including phenoxy) is 1. The van der Waals surface area contributed by atoms with E-state index in [9.17, 15) is 4.48 Å². The van der Waals surface area contributed by atoms with Crippen LogP contribution in [0.15, 0.2) is 0 Å². The van der Waals surface area contributed by atoms with Crippen molar-refractivity contribution in [3.05, 3.63) is 0 Å². The Morgan fingerprint density at radius 2 is 2.08 bits per heavy atom. The van der Waals surface area contributed by atoms with Gasteiger partial charge in [-0.2, -0.15) is 5.12 Å². The van der Waals surface area contributed by atoms with Crippen LogP contribution in [0.1, 0.15) is 12.8 Å². The molecular formula is C7H15FN4O. The van der Waals surface area contributed by atoms with E-state index in [1.165, 1.54) is 0 Å². The smallest absolute Gasteiger partial charge is 0.113 e. The number of hydrogen-bond acceptors (Lipinski definition) is 5. The first-order valence-electron chi connectivity index (χ1n) is 4.55. The standard InChI is InChI=1S/C7H15FN4O/c1-10-9-12(8)6-11(10)7-2-4-13-5-3-7/h7,9H,2-6H2,1H3. The number of nitrogens with one attached hydrogen (secondary N) is 1. The zero-order chi connectivity index (χ0) is 9.26. The van der Waals surface area contributed by atoms with Gasteiger partial charge in [0.05, 0.1) is 0 Å². The zero-order valence-electron chi connectivity index (χ0n) is 7.74. The Bertz CT molecular complexity index is 176. The van der Waals surface area contributed by atoms with Crippen LogP contribution in [0, 0.1) is 0 Å². The van der Waals surface area contributed by atoms with Crippen molar-refractivity contribution in [2.75, 3.05) is 26.9 Å². The number of rotatable bonds is 1. The molecule has 0 unspecified atom stereocenters. The van der Waals surface area contributed by atoms with Gasteiger partial charge in [-0.25, -0.2) is 5.01 Å². The maximum atomic E-state index is 12.8. The van der Waals surface area contributed by atoms with E-state index in [1.54, 1.807) is 5.12 Å². The van der Waals surface area contributed by atoms with Crippen molar-refractivity contribution in [1.82, 2.24) is 20.9 Å². The number of nitrogens with zero attached hydrogens (tertiary/aromatic N) is 3. The molecule has 2 saturated heterocycles. The molecule has 0 aromatic heterocycles. The van der Waals surface area contributed by atoms with Crippen LogP contribution in [-0.4, -0.2) is 48.3 Å². The molecule has 0 bridgehead atoms. The van der Waals surface area contributed by atoms with Crippen LogP contribution in [0.5, 0.6) is 0 Å². The summed E-state index contributed by atoms with van der Waals surface area (Å²) >= 11 is 0. The normalized spacial score (nSPS) is 30.0. The highest BCUT2D eigenvalue weighted by atomic mass is 19.2. The largest absolute Gasteiger partial charge is 0.381 e. The molecular weight excluding hydrogens is 175 g/mol. The van der Waals surface area contributed by atoms with Crippen LogP contribution < -0.4 is 5.53 Å². The van der Waals surface area contributed by atoms with Crippen LogP contribution >= 0.6 is 0 Å². The monoisotopic (exact) mass is 190 g/mol. The van der Waals surface area contributed by atoms with Gasteiger partial charge in [-0.1, -0.05) is 0 Å². The first kappa shape index (κ1) is 9.29. The van der Waals surface area contributed by atoms with Crippen molar-refractivity contribution in [2.24, 2.45) is 0 Å². The fourth-order valence-electron chi connectivity index (χ4n) is 1.81. The lowest BCUT2D eigenvalue weighted by Crippen LogP contribution is -2.47. The lowest BCUT2D eigenvalue weighted by Gasteiger charge is -2.32. The van der Waals surface area contributed by atoms with E-state index in [0.29, 0.717) is 17.9 Å². The molecule has 2 aliphatic heterocycles. The molecule has 0 aromatic rings. The van der Waals surface area contributed by atoms with Crippen LogP contribution in [-0.2, 0) is 4.74 Å². The van der Waals surface area contributed by atoms with Crippen molar-refractivity contribution in [3.8, 4) is 0 Å². The summed E-state index contributed by atoms with van der Waals surface area (Å²) in [4.78, 5) is 0. The van der Waals surface area contributed by atoms with E-state index in [-0.39, 0.29) is 0 Å². The van der Waals surface area contributed by atoms with E-state index < -0.39 is 0 Å². The van der Waals surface area contributed by atoms with E-state index >= 15 is 0 Å². The highest BCUT2D eigenvalue weighted by Crippen LogP contribution is 2.18. The Labute approximate surface area is 76.9 Å². The minimum atomic E-state index is 0.293. The predicted octanol–water partition coefficient (Wildman–Crippen LogP) is -0.109. The molecule has 0 aliphatic carbocycles. The quantitative estimate of drug-likeness (QED) is 0.583. The van der Waals surface area contributed by atoms with Gasteiger partial charge >= 0.3 is 0 Å². The Kier molecular flexibility index (Phi) is 2.75. The fraction of sp³-hybridized carbons (Fsp3) is 1.00. The Hall–Kier alpha value is -0.270. The topological polar surface area (TPSA) is 31.0 Å². The number of halogens is 1. The van der Waals surface area contributed by atoms with E-state index in [4.69, 9.17) is 4.74 Å². The van der Waals surface area contributed by atoms with Crippen molar-refractivity contribution in [2.45, 2.75) is 18.9 Å².